The fourth-order valence-corrected chi connectivity index (χ4v) is 2.40. The van der Waals surface area contributed by atoms with Crippen molar-refractivity contribution < 1.29 is 18.6 Å². The lowest BCUT2D eigenvalue weighted by molar-refractivity contribution is -0.0172. The van der Waals surface area contributed by atoms with E-state index in [9.17, 15) is 4.39 Å². The predicted octanol–water partition coefficient (Wildman–Crippen LogP) is 1.44. The van der Waals surface area contributed by atoms with E-state index in [2.05, 4.69) is 15.6 Å². The molecule has 128 valence electrons. The highest BCUT2D eigenvalue weighted by Crippen LogP contribution is 2.29. The number of halogens is 1. The molecule has 23 heavy (non-hydrogen) atoms. The van der Waals surface area contributed by atoms with Crippen LogP contribution in [0.15, 0.2) is 17.1 Å². The molecule has 1 aromatic carbocycles. The van der Waals surface area contributed by atoms with Crippen molar-refractivity contribution in [2.75, 3.05) is 40.6 Å². The van der Waals surface area contributed by atoms with E-state index in [1.807, 2.05) is 0 Å². The second-order valence-corrected chi connectivity index (χ2v) is 5.19. The quantitative estimate of drug-likeness (QED) is 0.451. The number of guanidine groups is 1. The molecular formula is C16H24FN3O3. The first-order valence-corrected chi connectivity index (χ1v) is 7.70. The number of aliphatic imine (C=N–C) groups is 1. The summed E-state index contributed by atoms with van der Waals surface area (Å²) >= 11 is 0. The van der Waals surface area contributed by atoms with Gasteiger partial charge < -0.3 is 24.8 Å². The number of nitrogens with zero attached hydrogens (tertiary/aromatic N) is 1. The van der Waals surface area contributed by atoms with Crippen molar-refractivity contribution in [1.82, 2.24) is 10.6 Å². The van der Waals surface area contributed by atoms with Crippen LogP contribution in [0.3, 0.4) is 0 Å². The standard InChI is InChI=1S/C16H24FN3O3/c1-18-16(19-5-3-7-21-2)20-6-4-12-8-14(17)9-13-10-22-11-23-15(12)13/h8-9H,3-7,10-11H2,1-2H3,(H2,18,19,20). The summed E-state index contributed by atoms with van der Waals surface area (Å²) < 4.78 is 29.4. The Morgan fingerprint density at radius 1 is 1.35 bits per heavy atom. The summed E-state index contributed by atoms with van der Waals surface area (Å²) in [7, 11) is 3.40. The van der Waals surface area contributed by atoms with Crippen LogP contribution in [0.25, 0.3) is 0 Å². The molecule has 7 heteroatoms. The van der Waals surface area contributed by atoms with E-state index >= 15 is 0 Å². The average Bonchev–Trinajstić information content (AvgIpc) is 2.56. The first kappa shape index (κ1) is 17.5. The lowest BCUT2D eigenvalue weighted by atomic mass is 10.1. The van der Waals surface area contributed by atoms with Crippen molar-refractivity contribution in [3.8, 4) is 5.75 Å². The van der Waals surface area contributed by atoms with Crippen molar-refractivity contribution in [2.24, 2.45) is 4.99 Å². The number of benzene rings is 1. The molecule has 1 aromatic rings. The van der Waals surface area contributed by atoms with E-state index in [1.165, 1.54) is 12.1 Å². The zero-order chi connectivity index (χ0) is 16.5. The predicted molar refractivity (Wildman–Crippen MR) is 86.2 cm³/mol. The summed E-state index contributed by atoms with van der Waals surface area (Å²) in [5.74, 6) is 1.19. The third-order valence-electron chi connectivity index (χ3n) is 3.48. The van der Waals surface area contributed by atoms with Crippen molar-refractivity contribution >= 4 is 5.96 Å². The Bertz CT molecular complexity index is 538. The second-order valence-electron chi connectivity index (χ2n) is 5.19. The van der Waals surface area contributed by atoms with Crippen LogP contribution in [-0.2, 0) is 22.5 Å². The first-order valence-electron chi connectivity index (χ1n) is 7.70. The summed E-state index contributed by atoms with van der Waals surface area (Å²) in [6.45, 7) is 2.71. The Morgan fingerprint density at radius 2 is 2.17 bits per heavy atom. The molecule has 0 spiro atoms. The number of nitrogens with one attached hydrogen (secondary N) is 2. The molecule has 0 amide bonds. The summed E-state index contributed by atoms with van der Waals surface area (Å²) in [6, 6.07) is 2.97. The maximum Gasteiger partial charge on any atom is 0.190 e. The Hall–Kier alpha value is -1.86. The Balaban J connectivity index is 1.85. The highest BCUT2D eigenvalue weighted by molar-refractivity contribution is 5.79. The van der Waals surface area contributed by atoms with Crippen molar-refractivity contribution in [3.63, 3.8) is 0 Å². The highest BCUT2D eigenvalue weighted by Gasteiger charge is 2.16. The van der Waals surface area contributed by atoms with Crippen molar-refractivity contribution in [1.29, 1.82) is 0 Å². The topological polar surface area (TPSA) is 64.1 Å². The number of hydrogen-bond donors (Lipinski definition) is 2. The molecule has 0 saturated heterocycles. The number of hydrogen-bond acceptors (Lipinski definition) is 4. The zero-order valence-electron chi connectivity index (χ0n) is 13.7. The maximum absolute atomic E-state index is 13.7. The van der Waals surface area contributed by atoms with Gasteiger partial charge in [0.2, 0.25) is 0 Å². The Morgan fingerprint density at radius 3 is 2.96 bits per heavy atom. The van der Waals surface area contributed by atoms with Crippen LogP contribution in [0.4, 0.5) is 4.39 Å². The van der Waals surface area contributed by atoms with Gasteiger partial charge in [-0.15, -0.1) is 0 Å². The summed E-state index contributed by atoms with van der Waals surface area (Å²) in [5, 5.41) is 6.41. The van der Waals surface area contributed by atoms with Crippen LogP contribution >= 0.6 is 0 Å². The third-order valence-corrected chi connectivity index (χ3v) is 3.48. The molecule has 2 N–H and O–H groups in total. The molecule has 0 atom stereocenters. The van der Waals surface area contributed by atoms with Gasteiger partial charge in [-0.1, -0.05) is 0 Å². The van der Waals surface area contributed by atoms with Crippen LogP contribution in [0.2, 0.25) is 0 Å². The van der Waals surface area contributed by atoms with E-state index in [0.29, 0.717) is 26.2 Å². The molecule has 0 aromatic heterocycles. The van der Waals surface area contributed by atoms with Gasteiger partial charge in [0.1, 0.15) is 11.6 Å². The fourth-order valence-electron chi connectivity index (χ4n) is 2.40. The van der Waals surface area contributed by atoms with E-state index < -0.39 is 0 Å². The molecule has 6 nitrogen and oxygen atoms in total. The van der Waals surface area contributed by atoms with E-state index in [4.69, 9.17) is 14.2 Å². The Labute approximate surface area is 136 Å². The normalized spacial score (nSPS) is 14.1. The summed E-state index contributed by atoms with van der Waals surface area (Å²) in [5.41, 5.74) is 1.60. The Kier molecular flexibility index (Phi) is 7.09. The minimum Gasteiger partial charge on any atom is -0.467 e. The molecule has 0 fully saturated rings. The lowest BCUT2D eigenvalue weighted by Gasteiger charge is -2.21. The van der Waals surface area contributed by atoms with Gasteiger partial charge >= 0.3 is 0 Å². The number of rotatable bonds is 7. The molecule has 0 aliphatic carbocycles. The second kappa shape index (κ2) is 9.32. The highest BCUT2D eigenvalue weighted by atomic mass is 19.1. The largest absolute Gasteiger partial charge is 0.467 e. The zero-order valence-corrected chi connectivity index (χ0v) is 13.7. The van der Waals surface area contributed by atoms with Crippen molar-refractivity contribution in [3.05, 3.63) is 29.1 Å². The first-order chi connectivity index (χ1) is 11.2. The van der Waals surface area contributed by atoms with Crippen LogP contribution in [-0.4, -0.2) is 46.6 Å². The number of ether oxygens (including phenoxy) is 3. The lowest BCUT2D eigenvalue weighted by Crippen LogP contribution is -2.39. The molecular weight excluding hydrogens is 301 g/mol. The van der Waals surface area contributed by atoms with E-state index in [1.54, 1.807) is 14.2 Å². The van der Waals surface area contributed by atoms with Gasteiger partial charge in [0.15, 0.2) is 12.8 Å². The molecule has 0 radical (unpaired) electrons. The summed E-state index contributed by atoms with van der Waals surface area (Å²) in [6.07, 6.45) is 1.54. The van der Waals surface area contributed by atoms with Gasteiger partial charge in [0.05, 0.1) is 6.61 Å². The minimum atomic E-state index is -0.269. The SMILES string of the molecule is CN=C(NCCCOC)NCCc1cc(F)cc2c1OCOC2. The average molecular weight is 325 g/mol. The molecule has 2 rings (SSSR count). The molecule has 0 saturated carbocycles. The molecule has 1 aliphatic heterocycles. The summed E-state index contributed by atoms with van der Waals surface area (Å²) in [4.78, 5) is 4.15. The van der Waals surface area contributed by atoms with Crippen LogP contribution < -0.4 is 15.4 Å². The number of methoxy groups -OCH3 is 1. The number of fused-ring (bicyclic) bond motifs is 1. The monoisotopic (exact) mass is 325 g/mol. The van der Waals surface area contributed by atoms with Gasteiger partial charge in [0, 0.05) is 39.4 Å². The molecule has 0 unspecified atom stereocenters. The van der Waals surface area contributed by atoms with Gasteiger partial charge in [-0.25, -0.2) is 4.39 Å². The van der Waals surface area contributed by atoms with Crippen molar-refractivity contribution in [2.45, 2.75) is 19.4 Å². The smallest absolute Gasteiger partial charge is 0.190 e. The molecule has 0 bridgehead atoms. The van der Waals surface area contributed by atoms with Gasteiger partial charge in [-0.05, 0) is 30.5 Å². The van der Waals surface area contributed by atoms with E-state index in [0.717, 1.165) is 35.8 Å². The molecule has 1 heterocycles. The van der Waals surface area contributed by atoms with Crippen LogP contribution in [0.1, 0.15) is 17.5 Å². The molecule has 1 aliphatic rings. The van der Waals surface area contributed by atoms with E-state index in [-0.39, 0.29) is 12.6 Å². The van der Waals surface area contributed by atoms with Crippen LogP contribution in [0.5, 0.6) is 5.75 Å². The van der Waals surface area contributed by atoms with Crippen LogP contribution in [0, 0.1) is 5.82 Å². The van der Waals surface area contributed by atoms with Gasteiger partial charge in [0.25, 0.3) is 0 Å². The van der Waals surface area contributed by atoms with Gasteiger partial charge in [-0.3, -0.25) is 4.99 Å². The maximum atomic E-state index is 13.7. The van der Waals surface area contributed by atoms with Gasteiger partial charge in [-0.2, -0.15) is 0 Å². The minimum absolute atomic E-state index is 0.210. The fraction of sp³-hybridized carbons (Fsp3) is 0.562. The third kappa shape index (κ3) is 5.37.